The molecule has 1 unspecified atom stereocenters. The maximum Gasteiger partial charge on any atom is 0.417 e. The highest BCUT2D eigenvalue weighted by Gasteiger charge is 2.32. The summed E-state index contributed by atoms with van der Waals surface area (Å²) in [5, 5.41) is 0. The molecule has 7 heteroatoms. The number of aromatic nitrogens is 2. The number of nitrogens with zero attached hydrogens (tertiary/aromatic N) is 3. The molecule has 2 aromatic heterocycles. The van der Waals surface area contributed by atoms with E-state index in [9.17, 15) is 18.0 Å². The molecule has 1 aliphatic rings. The highest BCUT2D eigenvalue weighted by molar-refractivity contribution is 5.95. The number of hydrogen-bond donors (Lipinski definition) is 0. The van der Waals surface area contributed by atoms with Gasteiger partial charge < -0.3 is 4.90 Å². The van der Waals surface area contributed by atoms with E-state index >= 15 is 0 Å². The fourth-order valence-electron chi connectivity index (χ4n) is 3.26. The minimum absolute atomic E-state index is 0.231. The Kier molecular flexibility index (Phi) is 4.27. The summed E-state index contributed by atoms with van der Waals surface area (Å²) < 4.78 is 40.3. The van der Waals surface area contributed by atoms with Crippen LogP contribution < -0.4 is 0 Å². The molecule has 1 aliphatic heterocycles. The Morgan fingerprint density at radius 2 is 2.12 bits per heavy atom. The van der Waals surface area contributed by atoms with Gasteiger partial charge in [-0.05, 0) is 37.3 Å². The van der Waals surface area contributed by atoms with Crippen LogP contribution in [0.15, 0.2) is 18.3 Å². The minimum atomic E-state index is -4.45. The van der Waals surface area contributed by atoms with Crippen LogP contribution >= 0.6 is 0 Å². The zero-order chi connectivity index (χ0) is 17.5. The first kappa shape index (κ1) is 16.8. The number of halogens is 3. The first-order valence-corrected chi connectivity index (χ1v) is 8.18. The van der Waals surface area contributed by atoms with Gasteiger partial charge in [0.15, 0.2) is 0 Å². The summed E-state index contributed by atoms with van der Waals surface area (Å²) in [5.41, 5.74) is 0.384. The largest absolute Gasteiger partial charge is 0.417 e. The number of alkyl halides is 3. The van der Waals surface area contributed by atoms with Gasteiger partial charge in [-0.25, -0.2) is 4.98 Å². The third kappa shape index (κ3) is 2.99. The molecule has 0 aliphatic carbocycles. The van der Waals surface area contributed by atoms with E-state index in [2.05, 4.69) is 11.9 Å². The average molecular weight is 339 g/mol. The number of fused-ring (bicyclic) bond motifs is 1. The Morgan fingerprint density at radius 1 is 1.38 bits per heavy atom. The van der Waals surface area contributed by atoms with Gasteiger partial charge in [0.2, 0.25) is 0 Å². The van der Waals surface area contributed by atoms with Gasteiger partial charge in [0, 0.05) is 19.3 Å². The fraction of sp³-hybridized carbons (Fsp3) is 0.529. The fourth-order valence-corrected chi connectivity index (χ4v) is 3.26. The SMILES string of the molecule is CCc1nc2ccc(C(F)(F)F)cn2c1C(=O)N1CCCC(C)C1. The summed E-state index contributed by atoms with van der Waals surface area (Å²) in [6, 6.07) is 2.32. The Labute approximate surface area is 138 Å². The maximum absolute atomic E-state index is 13.0. The van der Waals surface area contributed by atoms with Gasteiger partial charge in [0.25, 0.3) is 5.91 Å². The molecule has 3 rings (SSSR count). The lowest BCUT2D eigenvalue weighted by atomic mass is 10.00. The van der Waals surface area contributed by atoms with Crippen molar-refractivity contribution in [2.75, 3.05) is 13.1 Å². The lowest BCUT2D eigenvalue weighted by molar-refractivity contribution is -0.137. The molecular weight excluding hydrogens is 319 g/mol. The predicted molar refractivity (Wildman–Crippen MR) is 83.9 cm³/mol. The molecule has 0 bridgehead atoms. The van der Waals surface area contributed by atoms with Gasteiger partial charge in [-0.15, -0.1) is 0 Å². The molecule has 1 atom stereocenters. The number of carbonyl (C=O) groups is 1. The van der Waals surface area contributed by atoms with Crippen molar-refractivity contribution in [1.29, 1.82) is 0 Å². The van der Waals surface area contributed by atoms with Crippen molar-refractivity contribution >= 4 is 11.6 Å². The lowest BCUT2D eigenvalue weighted by Crippen LogP contribution is -2.40. The number of hydrogen-bond acceptors (Lipinski definition) is 2. The van der Waals surface area contributed by atoms with E-state index in [1.54, 1.807) is 4.90 Å². The number of piperidine rings is 1. The normalized spacial score (nSPS) is 19.0. The molecule has 1 amide bonds. The molecule has 3 heterocycles. The van der Waals surface area contributed by atoms with E-state index in [1.807, 2.05) is 6.92 Å². The summed E-state index contributed by atoms with van der Waals surface area (Å²) in [6.07, 6.45) is -1.00. The van der Waals surface area contributed by atoms with E-state index in [0.717, 1.165) is 25.1 Å². The van der Waals surface area contributed by atoms with Crippen LogP contribution in [0.3, 0.4) is 0 Å². The highest BCUT2D eigenvalue weighted by atomic mass is 19.4. The highest BCUT2D eigenvalue weighted by Crippen LogP contribution is 2.30. The number of rotatable bonds is 2. The first-order valence-electron chi connectivity index (χ1n) is 8.18. The maximum atomic E-state index is 13.0. The smallest absolute Gasteiger partial charge is 0.337 e. The van der Waals surface area contributed by atoms with Crippen molar-refractivity contribution in [3.63, 3.8) is 0 Å². The van der Waals surface area contributed by atoms with Crippen molar-refractivity contribution in [3.05, 3.63) is 35.3 Å². The molecule has 1 saturated heterocycles. The topological polar surface area (TPSA) is 37.6 Å². The molecule has 4 nitrogen and oxygen atoms in total. The Bertz CT molecular complexity index is 766. The van der Waals surface area contributed by atoms with Gasteiger partial charge in [0.05, 0.1) is 11.3 Å². The molecule has 0 N–H and O–H groups in total. The number of amides is 1. The molecule has 0 aromatic carbocycles. The quantitative estimate of drug-likeness (QED) is 0.835. The number of aryl methyl sites for hydroxylation is 1. The second-order valence-electron chi connectivity index (χ2n) is 6.40. The lowest BCUT2D eigenvalue weighted by Gasteiger charge is -2.31. The van der Waals surface area contributed by atoms with Crippen LogP contribution in [-0.2, 0) is 12.6 Å². The molecule has 2 aromatic rings. The monoisotopic (exact) mass is 339 g/mol. The number of likely N-dealkylation sites (tertiary alicyclic amines) is 1. The van der Waals surface area contributed by atoms with Crippen molar-refractivity contribution in [2.24, 2.45) is 5.92 Å². The molecule has 130 valence electrons. The minimum Gasteiger partial charge on any atom is -0.337 e. The molecule has 24 heavy (non-hydrogen) atoms. The van der Waals surface area contributed by atoms with E-state index < -0.39 is 11.7 Å². The third-order valence-electron chi connectivity index (χ3n) is 4.50. The second-order valence-corrected chi connectivity index (χ2v) is 6.40. The van der Waals surface area contributed by atoms with Gasteiger partial charge >= 0.3 is 6.18 Å². The zero-order valence-corrected chi connectivity index (χ0v) is 13.7. The van der Waals surface area contributed by atoms with Crippen LogP contribution in [-0.4, -0.2) is 33.3 Å². The number of imidazole rings is 1. The van der Waals surface area contributed by atoms with Gasteiger partial charge in [0.1, 0.15) is 11.3 Å². The molecule has 0 radical (unpaired) electrons. The van der Waals surface area contributed by atoms with Crippen LogP contribution in [0.2, 0.25) is 0 Å². The van der Waals surface area contributed by atoms with Gasteiger partial charge in [-0.2, -0.15) is 13.2 Å². The number of pyridine rings is 1. The van der Waals surface area contributed by atoms with E-state index in [-0.39, 0.29) is 11.6 Å². The van der Waals surface area contributed by atoms with Crippen LogP contribution in [0.1, 0.15) is 48.4 Å². The second kappa shape index (κ2) is 6.11. The summed E-state index contributed by atoms with van der Waals surface area (Å²) >= 11 is 0. The van der Waals surface area contributed by atoms with E-state index in [1.165, 1.54) is 10.5 Å². The summed E-state index contributed by atoms with van der Waals surface area (Å²) in [4.78, 5) is 19.0. The van der Waals surface area contributed by atoms with Gasteiger partial charge in [-0.1, -0.05) is 13.8 Å². The zero-order valence-electron chi connectivity index (χ0n) is 13.7. The molecule has 0 spiro atoms. The Hall–Kier alpha value is -2.05. The van der Waals surface area contributed by atoms with Crippen LogP contribution in [0.5, 0.6) is 0 Å². The van der Waals surface area contributed by atoms with Crippen molar-refractivity contribution in [2.45, 2.75) is 39.3 Å². The molecule has 1 fully saturated rings. The first-order chi connectivity index (χ1) is 11.3. The van der Waals surface area contributed by atoms with Gasteiger partial charge in [-0.3, -0.25) is 9.20 Å². The number of carbonyl (C=O) groups excluding carboxylic acids is 1. The Balaban J connectivity index is 2.09. The summed E-state index contributed by atoms with van der Waals surface area (Å²) in [7, 11) is 0. The standard InChI is InChI=1S/C17H20F3N3O/c1-3-13-15(16(24)22-8-4-5-11(2)9-22)23-10-12(17(18,19)20)6-7-14(23)21-13/h6-7,10-11H,3-5,8-9H2,1-2H3. The predicted octanol–water partition coefficient (Wildman–Crippen LogP) is 3.79. The summed E-state index contributed by atoms with van der Waals surface area (Å²) in [6.45, 7) is 5.20. The third-order valence-corrected chi connectivity index (χ3v) is 4.50. The van der Waals surface area contributed by atoms with Crippen molar-refractivity contribution in [1.82, 2.24) is 14.3 Å². The van der Waals surface area contributed by atoms with Crippen LogP contribution in [0, 0.1) is 5.92 Å². The molecule has 0 saturated carbocycles. The average Bonchev–Trinajstić information content (AvgIpc) is 2.91. The van der Waals surface area contributed by atoms with Crippen LogP contribution in [0.25, 0.3) is 5.65 Å². The van der Waals surface area contributed by atoms with E-state index in [0.29, 0.717) is 36.8 Å². The summed E-state index contributed by atoms with van der Waals surface area (Å²) in [5.74, 6) is 0.169. The van der Waals surface area contributed by atoms with Crippen molar-refractivity contribution < 1.29 is 18.0 Å². The van der Waals surface area contributed by atoms with Crippen LogP contribution in [0.4, 0.5) is 13.2 Å². The van der Waals surface area contributed by atoms with E-state index in [4.69, 9.17) is 0 Å². The molecular formula is C17H20F3N3O. The Morgan fingerprint density at radius 3 is 2.75 bits per heavy atom. The van der Waals surface area contributed by atoms with Crippen molar-refractivity contribution in [3.8, 4) is 0 Å².